The van der Waals surface area contributed by atoms with E-state index in [2.05, 4.69) is 4.98 Å². The second kappa shape index (κ2) is 4.61. The van der Waals surface area contributed by atoms with Gasteiger partial charge < -0.3 is 10.7 Å². The van der Waals surface area contributed by atoms with E-state index in [-0.39, 0.29) is 5.56 Å². The minimum Gasteiger partial charge on any atom is -0.385 e. The molecule has 3 nitrogen and oxygen atoms in total. The van der Waals surface area contributed by atoms with Crippen LogP contribution in [0.4, 0.5) is 5.82 Å². The van der Waals surface area contributed by atoms with Crippen LogP contribution in [0, 0.1) is 0 Å². The van der Waals surface area contributed by atoms with Crippen molar-refractivity contribution in [2.24, 2.45) is 0 Å². The van der Waals surface area contributed by atoms with Gasteiger partial charge in [-0.05, 0) is 6.07 Å². The molecule has 3 heteroatoms. The number of nitrogens with one attached hydrogen (secondary N) is 1. The predicted octanol–water partition coefficient (Wildman–Crippen LogP) is 0.983. The highest BCUT2D eigenvalue weighted by molar-refractivity contribution is 5.25. The van der Waals surface area contributed by atoms with E-state index in [0.29, 0.717) is 5.82 Å². The average molecular weight is 140 g/mol. The van der Waals surface area contributed by atoms with E-state index >= 15 is 0 Å². The molecule has 0 atom stereocenters. The molecule has 0 fully saturated rings. The Labute approximate surface area is 59.9 Å². The van der Waals surface area contributed by atoms with Crippen LogP contribution in [-0.2, 0) is 0 Å². The summed E-state index contributed by atoms with van der Waals surface area (Å²) in [5.41, 5.74) is 5.04. The van der Waals surface area contributed by atoms with E-state index in [0.717, 1.165) is 0 Å². The highest BCUT2D eigenvalue weighted by atomic mass is 16.1. The van der Waals surface area contributed by atoms with Crippen LogP contribution in [0.2, 0.25) is 0 Å². The molecule has 56 valence electrons. The standard InChI is InChI=1S/C5H6N2O.C2H6/c6-4-2-1-3-5(8)7-4;1-2/h1-3H,(H3,6,7,8);1-2H3. The highest BCUT2D eigenvalue weighted by Crippen LogP contribution is 1.85. The maximum Gasteiger partial charge on any atom is 0.249 e. The summed E-state index contributed by atoms with van der Waals surface area (Å²) in [5.74, 6) is 0.400. The number of hydrogen-bond acceptors (Lipinski definition) is 2. The van der Waals surface area contributed by atoms with E-state index in [1.807, 2.05) is 13.8 Å². The maximum absolute atomic E-state index is 10.4. The molecule has 0 radical (unpaired) electrons. The number of rotatable bonds is 0. The second-order valence-corrected chi connectivity index (χ2v) is 1.47. The largest absolute Gasteiger partial charge is 0.385 e. The smallest absolute Gasteiger partial charge is 0.249 e. The summed E-state index contributed by atoms with van der Waals surface area (Å²) in [6.45, 7) is 4.00. The average Bonchev–Trinajstić information content (AvgIpc) is 1.91. The third kappa shape index (κ3) is 2.91. The van der Waals surface area contributed by atoms with Crippen molar-refractivity contribution in [1.29, 1.82) is 0 Å². The summed E-state index contributed by atoms with van der Waals surface area (Å²) in [4.78, 5) is 12.7. The van der Waals surface area contributed by atoms with Crippen LogP contribution in [-0.4, -0.2) is 4.98 Å². The number of nitrogens with two attached hydrogens (primary N) is 1. The van der Waals surface area contributed by atoms with Crippen molar-refractivity contribution in [2.45, 2.75) is 13.8 Å². The van der Waals surface area contributed by atoms with E-state index in [1.165, 1.54) is 6.07 Å². The van der Waals surface area contributed by atoms with Crippen molar-refractivity contribution >= 4 is 5.82 Å². The molecule has 0 aliphatic heterocycles. The molecule has 0 saturated carbocycles. The third-order valence-corrected chi connectivity index (χ3v) is 0.791. The Morgan fingerprint density at radius 1 is 1.40 bits per heavy atom. The molecule has 1 aromatic heterocycles. The first-order valence-electron chi connectivity index (χ1n) is 3.24. The van der Waals surface area contributed by atoms with Gasteiger partial charge in [0.05, 0.1) is 0 Å². The number of pyridine rings is 1. The molecule has 0 aromatic carbocycles. The van der Waals surface area contributed by atoms with Crippen LogP contribution in [0.1, 0.15) is 13.8 Å². The van der Waals surface area contributed by atoms with Gasteiger partial charge >= 0.3 is 0 Å². The van der Waals surface area contributed by atoms with E-state index in [9.17, 15) is 4.79 Å². The summed E-state index contributed by atoms with van der Waals surface area (Å²) in [7, 11) is 0. The first-order valence-corrected chi connectivity index (χ1v) is 3.24. The minimum absolute atomic E-state index is 0.162. The number of anilines is 1. The van der Waals surface area contributed by atoms with Gasteiger partial charge in [-0.2, -0.15) is 0 Å². The van der Waals surface area contributed by atoms with Crippen LogP contribution in [0.3, 0.4) is 0 Å². The summed E-state index contributed by atoms with van der Waals surface area (Å²) in [5, 5.41) is 0. The zero-order valence-electron chi connectivity index (χ0n) is 6.22. The molecule has 1 aromatic rings. The quantitative estimate of drug-likeness (QED) is 0.564. The zero-order valence-corrected chi connectivity index (χ0v) is 6.22. The van der Waals surface area contributed by atoms with Crippen molar-refractivity contribution in [3.8, 4) is 0 Å². The molecule has 0 spiro atoms. The number of H-pyrrole nitrogens is 1. The maximum atomic E-state index is 10.4. The molecule has 0 aliphatic rings. The lowest BCUT2D eigenvalue weighted by Crippen LogP contribution is -2.04. The fraction of sp³-hybridized carbons (Fsp3) is 0.286. The zero-order chi connectivity index (χ0) is 7.98. The van der Waals surface area contributed by atoms with Crippen molar-refractivity contribution in [3.63, 3.8) is 0 Å². The SMILES string of the molecule is CC.Nc1cccc(=O)[nH]1. The van der Waals surface area contributed by atoms with Gasteiger partial charge in [0, 0.05) is 6.07 Å². The fourth-order valence-corrected chi connectivity index (χ4v) is 0.465. The molecule has 10 heavy (non-hydrogen) atoms. The van der Waals surface area contributed by atoms with Crippen LogP contribution >= 0.6 is 0 Å². The normalized spacial score (nSPS) is 7.80. The summed E-state index contributed by atoms with van der Waals surface area (Å²) >= 11 is 0. The van der Waals surface area contributed by atoms with E-state index in [1.54, 1.807) is 12.1 Å². The van der Waals surface area contributed by atoms with Crippen LogP contribution in [0.25, 0.3) is 0 Å². The molecule has 0 saturated heterocycles. The van der Waals surface area contributed by atoms with E-state index in [4.69, 9.17) is 5.73 Å². The first-order chi connectivity index (χ1) is 4.79. The Kier molecular flexibility index (Phi) is 4.04. The lowest BCUT2D eigenvalue weighted by molar-refractivity contribution is 1.25. The predicted molar refractivity (Wildman–Crippen MR) is 42.8 cm³/mol. The third-order valence-electron chi connectivity index (χ3n) is 0.791. The Morgan fingerprint density at radius 3 is 2.30 bits per heavy atom. The monoisotopic (exact) mass is 140 g/mol. The van der Waals surface area contributed by atoms with Gasteiger partial charge in [0.2, 0.25) is 5.56 Å². The molecular weight excluding hydrogens is 128 g/mol. The molecular formula is C7H12N2O. The molecule has 1 heterocycles. The van der Waals surface area contributed by atoms with Gasteiger partial charge in [-0.3, -0.25) is 4.79 Å². The number of hydrogen-bond donors (Lipinski definition) is 2. The Morgan fingerprint density at radius 2 is 2.00 bits per heavy atom. The summed E-state index contributed by atoms with van der Waals surface area (Å²) < 4.78 is 0. The molecule has 3 N–H and O–H groups in total. The van der Waals surface area contributed by atoms with Crippen LogP contribution in [0.15, 0.2) is 23.0 Å². The first kappa shape index (κ1) is 8.75. The second-order valence-electron chi connectivity index (χ2n) is 1.47. The number of aromatic nitrogens is 1. The van der Waals surface area contributed by atoms with Gasteiger partial charge in [-0.1, -0.05) is 19.9 Å². The molecule has 0 amide bonds. The minimum atomic E-state index is -0.162. The summed E-state index contributed by atoms with van der Waals surface area (Å²) in [6.07, 6.45) is 0. The molecule has 0 unspecified atom stereocenters. The molecule has 0 aliphatic carbocycles. The Hall–Kier alpha value is -1.25. The van der Waals surface area contributed by atoms with E-state index < -0.39 is 0 Å². The number of aromatic amines is 1. The van der Waals surface area contributed by atoms with Crippen molar-refractivity contribution in [3.05, 3.63) is 28.6 Å². The van der Waals surface area contributed by atoms with Gasteiger partial charge in [0.25, 0.3) is 0 Å². The van der Waals surface area contributed by atoms with Crippen molar-refractivity contribution in [1.82, 2.24) is 4.98 Å². The highest BCUT2D eigenvalue weighted by Gasteiger charge is 1.79. The lowest BCUT2D eigenvalue weighted by atomic mass is 10.5. The Balaban J connectivity index is 0.000000371. The van der Waals surface area contributed by atoms with Crippen molar-refractivity contribution < 1.29 is 0 Å². The van der Waals surface area contributed by atoms with Crippen LogP contribution in [0.5, 0.6) is 0 Å². The topological polar surface area (TPSA) is 58.9 Å². The summed E-state index contributed by atoms with van der Waals surface area (Å²) in [6, 6.07) is 4.64. The van der Waals surface area contributed by atoms with Crippen LogP contribution < -0.4 is 11.3 Å². The van der Waals surface area contributed by atoms with Gasteiger partial charge in [0.1, 0.15) is 5.82 Å². The molecule has 0 bridgehead atoms. The van der Waals surface area contributed by atoms with Gasteiger partial charge in [-0.25, -0.2) is 0 Å². The number of nitrogen functional groups attached to an aromatic ring is 1. The van der Waals surface area contributed by atoms with Gasteiger partial charge in [-0.15, -0.1) is 0 Å². The fourth-order valence-electron chi connectivity index (χ4n) is 0.465. The van der Waals surface area contributed by atoms with Gasteiger partial charge in [0.15, 0.2) is 0 Å². The lowest BCUT2D eigenvalue weighted by Gasteiger charge is -1.85. The molecule has 1 rings (SSSR count). The van der Waals surface area contributed by atoms with Crippen molar-refractivity contribution in [2.75, 3.05) is 5.73 Å². The Bertz CT molecular complexity index is 229.